The van der Waals surface area contributed by atoms with Gasteiger partial charge in [0.1, 0.15) is 5.76 Å². The largest absolute Gasteiger partial charge is 0.360 e. The average Bonchev–Trinajstić information content (AvgIpc) is 2.90. The molecule has 0 aliphatic carbocycles. The topological polar surface area (TPSA) is 58.4 Å². The van der Waals surface area contributed by atoms with Gasteiger partial charge < -0.3 is 9.84 Å². The zero-order valence-electron chi connectivity index (χ0n) is 12.1. The van der Waals surface area contributed by atoms with E-state index in [0.717, 1.165) is 26.1 Å². The van der Waals surface area contributed by atoms with Gasteiger partial charge in [0.15, 0.2) is 5.82 Å². The number of aryl methyl sites for hydroxylation is 1. The first-order valence-electron chi connectivity index (χ1n) is 7.23. The Labute approximate surface area is 123 Å². The van der Waals surface area contributed by atoms with E-state index < -0.39 is 0 Å². The standard InChI is InChI=1S/C16H19N3O2/c1-12-10-15(18-21-12)17-16(20)7-9-19-8-6-13-4-2-3-5-14(13)11-19/h2-5,10H,6-9,11H2,1H3,(H,17,18,20). The van der Waals surface area contributed by atoms with Gasteiger partial charge in [-0.25, -0.2) is 0 Å². The predicted octanol–water partition coefficient (Wildman–Crippen LogP) is 2.37. The van der Waals surface area contributed by atoms with E-state index in [-0.39, 0.29) is 5.91 Å². The smallest absolute Gasteiger partial charge is 0.226 e. The molecule has 0 unspecified atom stereocenters. The molecule has 0 saturated carbocycles. The van der Waals surface area contributed by atoms with Crippen LogP contribution in [0.15, 0.2) is 34.9 Å². The van der Waals surface area contributed by atoms with Gasteiger partial charge in [0, 0.05) is 32.1 Å². The molecule has 0 spiro atoms. The monoisotopic (exact) mass is 285 g/mol. The Morgan fingerprint density at radius 3 is 2.95 bits per heavy atom. The minimum absolute atomic E-state index is 0.0258. The van der Waals surface area contributed by atoms with Gasteiger partial charge in [-0.05, 0) is 24.5 Å². The number of amides is 1. The Kier molecular flexibility index (Phi) is 4.01. The minimum Gasteiger partial charge on any atom is -0.360 e. The second kappa shape index (κ2) is 6.10. The number of benzene rings is 1. The van der Waals surface area contributed by atoms with Crippen LogP contribution in [0, 0.1) is 6.92 Å². The Balaban J connectivity index is 1.49. The van der Waals surface area contributed by atoms with E-state index in [2.05, 4.69) is 39.6 Å². The first-order chi connectivity index (χ1) is 10.2. The fourth-order valence-corrected chi connectivity index (χ4v) is 2.64. The van der Waals surface area contributed by atoms with Crippen molar-refractivity contribution in [3.63, 3.8) is 0 Å². The molecule has 110 valence electrons. The fourth-order valence-electron chi connectivity index (χ4n) is 2.64. The summed E-state index contributed by atoms with van der Waals surface area (Å²) in [7, 11) is 0. The third-order valence-electron chi connectivity index (χ3n) is 3.76. The fraction of sp³-hybridized carbons (Fsp3) is 0.375. The van der Waals surface area contributed by atoms with E-state index in [1.54, 1.807) is 13.0 Å². The molecule has 1 amide bonds. The Morgan fingerprint density at radius 1 is 1.38 bits per heavy atom. The zero-order chi connectivity index (χ0) is 14.7. The van der Waals surface area contributed by atoms with Crippen molar-refractivity contribution in [3.05, 3.63) is 47.2 Å². The highest BCUT2D eigenvalue weighted by Gasteiger charge is 2.16. The van der Waals surface area contributed by atoms with Gasteiger partial charge in [0.2, 0.25) is 5.91 Å². The summed E-state index contributed by atoms with van der Waals surface area (Å²) in [6.07, 6.45) is 1.52. The van der Waals surface area contributed by atoms with E-state index in [1.807, 2.05) is 0 Å². The molecule has 1 aromatic carbocycles. The van der Waals surface area contributed by atoms with Crippen LogP contribution in [0.25, 0.3) is 0 Å². The summed E-state index contributed by atoms with van der Waals surface area (Å²) in [5, 5.41) is 6.51. The van der Waals surface area contributed by atoms with Crippen molar-refractivity contribution in [3.8, 4) is 0 Å². The van der Waals surface area contributed by atoms with Gasteiger partial charge in [-0.15, -0.1) is 0 Å². The lowest BCUT2D eigenvalue weighted by Crippen LogP contribution is -2.33. The lowest BCUT2D eigenvalue weighted by molar-refractivity contribution is -0.116. The van der Waals surface area contributed by atoms with Crippen LogP contribution in [0.4, 0.5) is 5.82 Å². The van der Waals surface area contributed by atoms with Crippen molar-refractivity contribution in [2.75, 3.05) is 18.4 Å². The highest BCUT2D eigenvalue weighted by molar-refractivity contribution is 5.89. The van der Waals surface area contributed by atoms with Crippen LogP contribution >= 0.6 is 0 Å². The number of carbonyl (C=O) groups is 1. The molecular formula is C16H19N3O2. The van der Waals surface area contributed by atoms with Gasteiger partial charge >= 0.3 is 0 Å². The molecule has 1 aliphatic heterocycles. The first kappa shape index (κ1) is 13.8. The van der Waals surface area contributed by atoms with Crippen molar-refractivity contribution in [1.82, 2.24) is 10.1 Å². The number of nitrogens with one attached hydrogen (secondary N) is 1. The van der Waals surface area contributed by atoms with Crippen LogP contribution in [-0.4, -0.2) is 29.1 Å². The first-order valence-corrected chi connectivity index (χ1v) is 7.23. The van der Waals surface area contributed by atoms with Crippen molar-refractivity contribution in [2.45, 2.75) is 26.3 Å². The summed E-state index contributed by atoms with van der Waals surface area (Å²) in [6, 6.07) is 10.2. The molecule has 1 aromatic heterocycles. The third kappa shape index (κ3) is 3.49. The number of carbonyl (C=O) groups excluding carboxylic acids is 1. The predicted molar refractivity (Wildman–Crippen MR) is 79.9 cm³/mol. The second-order valence-electron chi connectivity index (χ2n) is 5.42. The second-order valence-corrected chi connectivity index (χ2v) is 5.42. The van der Waals surface area contributed by atoms with Gasteiger partial charge in [-0.1, -0.05) is 29.4 Å². The zero-order valence-corrected chi connectivity index (χ0v) is 12.1. The van der Waals surface area contributed by atoms with Gasteiger partial charge in [-0.3, -0.25) is 9.69 Å². The maximum Gasteiger partial charge on any atom is 0.226 e. The van der Waals surface area contributed by atoms with Gasteiger partial charge in [-0.2, -0.15) is 0 Å². The summed E-state index contributed by atoms with van der Waals surface area (Å²) in [5.74, 6) is 1.15. The number of aromatic nitrogens is 1. The number of anilines is 1. The normalized spacial score (nSPS) is 14.7. The summed E-state index contributed by atoms with van der Waals surface area (Å²) >= 11 is 0. The van der Waals surface area contributed by atoms with Gasteiger partial charge in [0.25, 0.3) is 0 Å². The van der Waals surface area contributed by atoms with E-state index in [9.17, 15) is 4.79 Å². The number of nitrogens with zero attached hydrogens (tertiary/aromatic N) is 2. The van der Waals surface area contributed by atoms with E-state index in [4.69, 9.17) is 4.52 Å². The number of hydrogen-bond donors (Lipinski definition) is 1. The third-order valence-corrected chi connectivity index (χ3v) is 3.76. The lowest BCUT2D eigenvalue weighted by atomic mass is 10.00. The Morgan fingerprint density at radius 2 is 2.19 bits per heavy atom. The van der Waals surface area contributed by atoms with Crippen molar-refractivity contribution >= 4 is 11.7 Å². The summed E-state index contributed by atoms with van der Waals surface area (Å²) in [5.41, 5.74) is 2.80. The van der Waals surface area contributed by atoms with Crippen LogP contribution in [-0.2, 0) is 17.8 Å². The molecular weight excluding hydrogens is 266 g/mol. The van der Waals surface area contributed by atoms with Crippen LogP contribution in [0.3, 0.4) is 0 Å². The molecule has 0 bridgehead atoms. The van der Waals surface area contributed by atoms with Crippen LogP contribution in [0.2, 0.25) is 0 Å². The maximum absolute atomic E-state index is 11.9. The highest BCUT2D eigenvalue weighted by atomic mass is 16.5. The van der Waals surface area contributed by atoms with Crippen LogP contribution in [0.5, 0.6) is 0 Å². The summed E-state index contributed by atoms with van der Waals surface area (Å²) in [4.78, 5) is 14.2. The van der Waals surface area contributed by atoms with Crippen LogP contribution in [0.1, 0.15) is 23.3 Å². The molecule has 0 saturated heterocycles. The van der Waals surface area contributed by atoms with Crippen LogP contribution < -0.4 is 5.32 Å². The molecule has 1 aliphatic rings. The maximum atomic E-state index is 11.9. The SMILES string of the molecule is Cc1cc(NC(=O)CCN2CCc3ccccc3C2)no1. The Bertz CT molecular complexity index is 636. The Hall–Kier alpha value is -2.14. The molecule has 0 atom stereocenters. The quantitative estimate of drug-likeness (QED) is 0.937. The molecule has 3 rings (SSSR count). The molecule has 1 N–H and O–H groups in total. The van der Waals surface area contributed by atoms with Crippen molar-refractivity contribution < 1.29 is 9.32 Å². The van der Waals surface area contributed by atoms with Gasteiger partial charge in [0.05, 0.1) is 0 Å². The minimum atomic E-state index is -0.0258. The molecule has 2 heterocycles. The lowest BCUT2D eigenvalue weighted by Gasteiger charge is -2.28. The molecule has 5 heteroatoms. The van der Waals surface area contributed by atoms with E-state index >= 15 is 0 Å². The van der Waals surface area contributed by atoms with Crippen molar-refractivity contribution in [2.24, 2.45) is 0 Å². The summed E-state index contributed by atoms with van der Waals surface area (Å²) in [6.45, 7) is 4.49. The molecule has 21 heavy (non-hydrogen) atoms. The summed E-state index contributed by atoms with van der Waals surface area (Å²) < 4.78 is 4.92. The van der Waals surface area contributed by atoms with Crippen molar-refractivity contribution in [1.29, 1.82) is 0 Å². The molecule has 0 fully saturated rings. The molecule has 2 aromatic rings. The molecule has 0 radical (unpaired) electrons. The average molecular weight is 285 g/mol. The van der Waals surface area contributed by atoms with E-state index in [1.165, 1.54) is 11.1 Å². The van der Waals surface area contributed by atoms with E-state index in [0.29, 0.717) is 18.0 Å². The number of fused-ring (bicyclic) bond motifs is 1. The number of rotatable bonds is 4. The number of hydrogen-bond acceptors (Lipinski definition) is 4. The highest BCUT2D eigenvalue weighted by Crippen LogP contribution is 2.18. The molecule has 5 nitrogen and oxygen atoms in total.